The van der Waals surface area contributed by atoms with Crippen LogP contribution in [0.2, 0.25) is 0 Å². The van der Waals surface area contributed by atoms with Crippen LogP contribution >= 0.6 is 23.5 Å². The summed E-state index contributed by atoms with van der Waals surface area (Å²) >= 11 is 7.29. The number of carbonyl (C=O) groups is 2. The molecule has 136 valence electrons. The zero-order chi connectivity index (χ0) is 19.0. The molecule has 2 aromatic carbocycles. The number of hydrogen-bond acceptors (Lipinski definition) is 6. The van der Waals surface area contributed by atoms with Gasteiger partial charge in [-0.3, -0.25) is 14.5 Å². The third-order valence-corrected chi connectivity index (χ3v) is 5.31. The molecule has 2 aromatic rings. The Morgan fingerprint density at radius 1 is 1.11 bits per heavy atom. The highest BCUT2D eigenvalue weighted by Gasteiger charge is 2.34. The monoisotopic (exact) mass is 400 g/mol. The van der Waals surface area contributed by atoms with Crippen molar-refractivity contribution in [1.82, 2.24) is 0 Å². The average molecular weight is 401 g/mol. The van der Waals surface area contributed by atoms with Gasteiger partial charge in [-0.05, 0) is 18.2 Å². The van der Waals surface area contributed by atoms with Crippen molar-refractivity contribution < 1.29 is 14.3 Å². The average Bonchev–Trinajstić information content (AvgIpc) is 3.18. The molecule has 1 saturated heterocycles. The highest BCUT2D eigenvalue weighted by molar-refractivity contribution is 8.15. The van der Waals surface area contributed by atoms with Crippen LogP contribution in [0.4, 0.5) is 11.4 Å². The molecule has 2 heterocycles. The second-order valence-electron chi connectivity index (χ2n) is 5.65. The zero-order valence-electron chi connectivity index (χ0n) is 14.1. The third-order valence-electron chi connectivity index (χ3n) is 4.06. The summed E-state index contributed by atoms with van der Waals surface area (Å²) in [7, 11) is 1.56. The van der Waals surface area contributed by atoms with Crippen LogP contribution in [0, 0.1) is 0 Å². The lowest BCUT2D eigenvalue weighted by molar-refractivity contribution is -0.115. The van der Waals surface area contributed by atoms with E-state index in [-0.39, 0.29) is 17.4 Å². The van der Waals surface area contributed by atoms with Crippen molar-refractivity contribution >= 4 is 57.6 Å². The molecule has 7 nitrogen and oxygen atoms in total. The Morgan fingerprint density at radius 3 is 2.74 bits per heavy atom. The van der Waals surface area contributed by atoms with Crippen LogP contribution in [0.3, 0.4) is 0 Å². The van der Waals surface area contributed by atoms with E-state index in [1.54, 1.807) is 55.6 Å². The SMILES string of the molecule is COc1cccc(N2C(=O)CSC2=NN=C2C(=O)N(Cl)c3ccccc32)c1. The van der Waals surface area contributed by atoms with Gasteiger partial charge in [0.1, 0.15) is 5.75 Å². The fourth-order valence-corrected chi connectivity index (χ4v) is 3.84. The van der Waals surface area contributed by atoms with E-state index in [1.165, 1.54) is 16.7 Å². The van der Waals surface area contributed by atoms with Crippen LogP contribution in [-0.2, 0) is 9.59 Å². The van der Waals surface area contributed by atoms with Crippen molar-refractivity contribution in [3.63, 3.8) is 0 Å². The van der Waals surface area contributed by atoms with E-state index < -0.39 is 5.91 Å². The molecule has 0 aliphatic carbocycles. The lowest BCUT2D eigenvalue weighted by atomic mass is 10.1. The molecular formula is C18H13ClN4O3S. The standard InChI is InChI=1S/C18H13ClN4O3S/c1-26-12-6-4-5-11(9-12)22-15(24)10-27-18(22)21-20-16-13-7-2-3-8-14(13)23(19)17(16)25/h2-9H,10H2,1H3. The Kier molecular flexibility index (Phi) is 4.59. The predicted octanol–water partition coefficient (Wildman–Crippen LogP) is 3.04. The van der Waals surface area contributed by atoms with Gasteiger partial charge in [0, 0.05) is 23.4 Å². The molecule has 0 spiro atoms. The molecule has 0 saturated carbocycles. The van der Waals surface area contributed by atoms with Crippen molar-refractivity contribution in [2.24, 2.45) is 10.2 Å². The molecule has 1 fully saturated rings. The molecule has 0 atom stereocenters. The number of amidine groups is 1. The van der Waals surface area contributed by atoms with Gasteiger partial charge in [0.2, 0.25) is 5.91 Å². The maximum Gasteiger partial charge on any atom is 0.294 e. The minimum absolute atomic E-state index is 0.121. The summed E-state index contributed by atoms with van der Waals surface area (Å²) in [6, 6.07) is 14.2. The summed E-state index contributed by atoms with van der Waals surface area (Å²) < 4.78 is 6.23. The lowest BCUT2D eigenvalue weighted by Gasteiger charge is -2.15. The first-order valence-corrected chi connectivity index (χ1v) is 9.27. The van der Waals surface area contributed by atoms with Crippen LogP contribution in [-0.4, -0.2) is 35.6 Å². The quantitative estimate of drug-likeness (QED) is 0.586. The topological polar surface area (TPSA) is 74.6 Å². The smallest absolute Gasteiger partial charge is 0.294 e. The van der Waals surface area contributed by atoms with Gasteiger partial charge in [-0.25, -0.2) is 4.42 Å². The number of nitrogens with zero attached hydrogens (tertiary/aromatic N) is 4. The molecule has 0 bridgehead atoms. The number of hydrogen-bond donors (Lipinski definition) is 0. The zero-order valence-corrected chi connectivity index (χ0v) is 15.7. The molecular weight excluding hydrogens is 388 g/mol. The number of para-hydroxylation sites is 1. The molecule has 4 rings (SSSR count). The second-order valence-corrected chi connectivity index (χ2v) is 6.93. The van der Waals surface area contributed by atoms with Gasteiger partial charge in [0.05, 0.1) is 24.2 Å². The summed E-state index contributed by atoms with van der Waals surface area (Å²) in [6.45, 7) is 0. The van der Waals surface area contributed by atoms with Crippen LogP contribution in [0.15, 0.2) is 58.7 Å². The molecule has 0 N–H and O–H groups in total. The fraction of sp³-hybridized carbons (Fsp3) is 0.111. The van der Waals surface area contributed by atoms with Crippen LogP contribution < -0.4 is 14.1 Å². The van der Waals surface area contributed by atoms with Crippen LogP contribution in [0.5, 0.6) is 5.75 Å². The number of amides is 2. The number of benzene rings is 2. The summed E-state index contributed by atoms with van der Waals surface area (Å²) in [4.78, 5) is 26.2. The van der Waals surface area contributed by atoms with Crippen molar-refractivity contribution in [3.8, 4) is 5.75 Å². The van der Waals surface area contributed by atoms with Gasteiger partial charge >= 0.3 is 0 Å². The minimum atomic E-state index is -0.454. The van der Waals surface area contributed by atoms with Crippen molar-refractivity contribution in [2.75, 3.05) is 22.2 Å². The number of anilines is 2. The molecule has 27 heavy (non-hydrogen) atoms. The number of halogens is 1. The number of rotatable bonds is 3. The summed E-state index contributed by atoms with van der Waals surface area (Å²) in [6.07, 6.45) is 0. The summed E-state index contributed by atoms with van der Waals surface area (Å²) in [5.41, 5.74) is 1.92. The molecule has 9 heteroatoms. The highest BCUT2D eigenvalue weighted by atomic mass is 35.5. The van der Waals surface area contributed by atoms with E-state index in [2.05, 4.69) is 10.2 Å². The Labute approximate surface area is 164 Å². The van der Waals surface area contributed by atoms with E-state index >= 15 is 0 Å². The first-order chi connectivity index (χ1) is 13.1. The van der Waals surface area contributed by atoms with Gasteiger partial charge in [-0.1, -0.05) is 36.0 Å². The summed E-state index contributed by atoms with van der Waals surface area (Å²) in [5, 5.41) is 8.68. The highest BCUT2D eigenvalue weighted by Crippen LogP contribution is 2.32. The van der Waals surface area contributed by atoms with Gasteiger partial charge in [-0.2, -0.15) is 0 Å². The number of ether oxygens (including phenoxy) is 1. The maximum atomic E-state index is 12.4. The number of thioether (sulfide) groups is 1. The van der Waals surface area contributed by atoms with E-state index in [4.69, 9.17) is 16.5 Å². The van der Waals surface area contributed by atoms with E-state index in [1.807, 2.05) is 0 Å². The molecule has 2 amide bonds. The van der Waals surface area contributed by atoms with Gasteiger partial charge in [-0.15, -0.1) is 10.2 Å². The number of fused-ring (bicyclic) bond motifs is 1. The first-order valence-electron chi connectivity index (χ1n) is 7.95. The predicted molar refractivity (Wildman–Crippen MR) is 107 cm³/mol. The Bertz CT molecular complexity index is 1010. The second kappa shape index (κ2) is 7.05. The van der Waals surface area contributed by atoms with Crippen molar-refractivity contribution in [1.29, 1.82) is 0 Å². The van der Waals surface area contributed by atoms with E-state index in [0.29, 0.717) is 27.9 Å². The third kappa shape index (κ3) is 3.07. The molecule has 0 radical (unpaired) electrons. The minimum Gasteiger partial charge on any atom is -0.497 e. The van der Waals surface area contributed by atoms with E-state index in [0.717, 1.165) is 4.42 Å². The normalized spacial score (nSPS) is 19.3. The number of carbonyl (C=O) groups excluding carboxylic acids is 2. The molecule has 0 unspecified atom stereocenters. The van der Waals surface area contributed by atoms with Crippen LogP contribution in [0.25, 0.3) is 0 Å². The number of methoxy groups -OCH3 is 1. The Hall–Kier alpha value is -2.84. The van der Waals surface area contributed by atoms with Gasteiger partial charge in [0.15, 0.2) is 10.9 Å². The van der Waals surface area contributed by atoms with Crippen molar-refractivity contribution in [2.45, 2.75) is 0 Å². The molecule has 0 aromatic heterocycles. The molecule has 2 aliphatic rings. The Morgan fingerprint density at radius 2 is 1.93 bits per heavy atom. The van der Waals surface area contributed by atoms with Gasteiger partial charge < -0.3 is 4.74 Å². The fourth-order valence-electron chi connectivity index (χ4n) is 2.79. The Balaban J connectivity index is 1.72. The van der Waals surface area contributed by atoms with Crippen LogP contribution in [0.1, 0.15) is 5.56 Å². The summed E-state index contributed by atoms with van der Waals surface area (Å²) in [5.74, 6) is 0.293. The van der Waals surface area contributed by atoms with Gasteiger partial charge in [0.25, 0.3) is 5.91 Å². The largest absolute Gasteiger partial charge is 0.497 e. The lowest BCUT2D eigenvalue weighted by Crippen LogP contribution is -2.29. The van der Waals surface area contributed by atoms with E-state index in [9.17, 15) is 9.59 Å². The van der Waals surface area contributed by atoms with Crippen molar-refractivity contribution in [3.05, 3.63) is 54.1 Å². The maximum absolute atomic E-state index is 12.4. The first kappa shape index (κ1) is 17.6. The molecule has 2 aliphatic heterocycles.